The van der Waals surface area contributed by atoms with E-state index in [0.29, 0.717) is 30.3 Å². The highest BCUT2D eigenvalue weighted by Crippen LogP contribution is 2.18. The first kappa shape index (κ1) is 17.1. The maximum absolute atomic E-state index is 12.4. The van der Waals surface area contributed by atoms with Crippen molar-refractivity contribution in [2.75, 3.05) is 13.6 Å². The molecule has 0 atom stereocenters. The Hall–Kier alpha value is -0.910. The summed E-state index contributed by atoms with van der Waals surface area (Å²) >= 11 is 0. The molecule has 0 amide bonds. The predicted octanol–water partition coefficient (Wildman–Crippen LogP) is 2.29. The standard InChI is InChI=1S/C15H26N2O2S/c1-5-14-7-6-13(11-16-4)10-15(14)20(18,19)17-9-8-12(2)3/h6-7,10,12,16-17H,5,8-9,11H2,1-4H3. The van der Waals surface area contributed by atoms with Crippen LogP contribution < -0.4 is 10.0 Å². The fourth-order valence-corrected chi connectivity index (χ4v) is 3.42. The maximum Gasteiger partial charge on any atom is 0.240 e. The molecule has 2 N–H and O–H groups in total. The van der Waals surface area contributed by atoms with Crippen LogP contribution in [0.15, 0.2) is 23.1 Å². The van der Waals surface area contributed by atoms with Gasteiger partial charge >= 0.3 is 0 Å². The molecule has 0 saturated carbocycles. The molecule has 114 valence electrons. The van der Waals surface area contributed by atoms with E-state index < -0.39 is 10.0 Å². The first-order valence-corrected chi connectivity index (χ1v) is 8.65. The molecule has 0 aliphatic heterocycles. The van der Waals surface area contributed by atoms with Gasteiger partial charge in [0.1, 0.15) is 0 Å². The predicted molar refractivity (Wildman–Crippen MR) is 83.2 cm³/mol. The van der Waals surface area contributed by atoms with Crippen molar-refractivity contribution >= 4 is 10.0 Å². The molecule has 5 heteroatoms. The molecule has 0 unspecified atom stereocenters. The van der Waals surface area contributed by atoms with Crippen LogP contribution in [0, 0.1) is 5.92 Å². The van der Waals surface area contributed by atoms with E-state index in [9.17, 15) is 8.42 Å². The van der Waals surface area contributed by atoms with Crippen molar-refractivity contribution in [3.63, 3.8) is 0 Å². The van der Waals surface area contributed by atoms with E-state index in [1.54, 1.807) is 6.07 Å². The van der Waals surface area contributed by atoms with Crippen LogP contribution in [0.1, 0.15) is 38.3 Å². The highest BCUT2D eigenvalue weighted by atomic mass is 32.2. The van der Waals surface area contributed by atoms with E-state index >= 15 is 0 Å². The summed E-state index contributed by atoms with van der Waals surface area (Å²) in [7, 11) is -1.57. The Morgan fingerprint density at radius 1 is 1.25 bits per heavy atom. The Morgan fingerprint density at radius 3 is 2.50 bits per heavy atom. The first-order chi connectivity index (χ1) is 9.40. The summed E-state index contributed by atoms with van der Waals surface area (Å²) < 4.78 is 27.5. The molecule has 0 radical (unpaired) electrons. The van der Waals surface area contributed by atoms with Crippen molar-refractivity contribution in [3.8, 4) is 0 Å². The zero-order valence-electron chi connectivity index (χ0n) is 12.9. The van der Waals surface area contributed by atoms with E-state index in [-0.39, 0.29) is 0 Å². The first-order valence-electron chi connectivity index (χ1n) is 7.16. The highest BCUT2D eigenvalue weighted by Gasteiger charge is 2.18. The molecule has 0 aromatic heterocycles. The second-order valence-corrected chi connectivity index (χ2v) is 7.14. The molecule has 0 aliphatic rings. The van der Waals surface area contributed by atoms with Crippen molar-refractivity contribution in [2.45, 2.75) is 45.1 Å². The van der Waals surface area contributed by atoms with Crippen LogP contribution in [0.4, 0.5) is 0 Å². The summed E-state index contributed by atoms with van der Waals surface area (Å²) in [4.78, 5) is 0.413. The van der Waals surface area contributed by atoms with Crippen LogP contribution >= 0.6 is 0 Å². The molecule has 1 rings (SSSR count). The average molecular weight is 298 g/mol. The van der Waals surface area contributed by atoms with Gasteiger partial charge in [0.05, 0.1) is 4.90 Å². The largest absolute Gasteiger partial charge is 0.316 e. The van der Waals surface area contributed by atoms with Gasteiger partial charge in [-0.1, -0.05) is 32.9 Å². The van der Waals surface area contributed by atoms with Crippen LogP contribution in [-0.2, 0) is 23.0 Å². The molecule has 0 bridgehead atoms. The van der Waals surface area contributed by atoms with E-state index in [1.165, 1.54) is 0 Å². The second-order valence-electron chi connectivity index (χ2n) is 5.41. The fraction of sp³-hybridized carbons (Fsp3) is 0.600. The van der Waals surface area contributed by atoms with Gasteiger partial charge in [0, 0.05) is 13.1 Å². The Bertz CT molecular complexity index is 525. The Morgan fingerprint density at radius 2 is 1.95 bits per heavy atom. The van der Waals surface area contributed by atoms with Gasteiger partial charge in [0.25, 0.3) is 0 Å². The summed E-state index contributed by atoms with van der Waals surface area (Å²) in [6.07, 6.45) is 1.55. The molecule has 0 heterocycles. The molecule has 0 aliphatic carbocycles. The van der Waals surface area contributed by atoms with E-state index in [0.717, 1.165) is 17.5 Å². The van der Waals surface area contributed by atoms with Gasteiger partial charge in [-0.3, -0.25) is 0 Å². The number of sulfonamides is 1. The van der Waals surface area contributed by atoms with Crippen molar-refractivity contribution in [3.05, 3.63) is 29.3 Å². The molecule has 0 fully saturated rings. The minimum absolute atomic E-state index is 0.413. The van der Waals surface area contributed by atoms with Crippen LogP contribution in [0.5, 0.6) is 0 Å². The Labute approximate surface area is 123 Å². The van der Waals surface area contributed by atoms with Crippen molar-refractivity contribution in [1.82, 2.24) is 10.0 Å². The third kappa shape index (κ3) is 4.89. The van der Waals surface area contributed by atoms with Crippen LogP contribution in [0.3, 0.4) is 0 Å². The Balaban J connectivity index is 2.99. The number of hydrogen-bond acceptors (Lipinski definition) is 3. The smallest absolute Gasteiger partial charge is 0.240 e. The summed E-state index contributed by atoms with van der Waals surface area (Å²) in [6, 6.07) is 5.65. The monoisotopic (exact) mass is 298 g/mol. The van der Waals surface area contributed by atoms with Gasteiger partial charge in [-0.25, -0.2) is 13.1 Å². The summed E-state index contributed by atoms with van der Waals surface area (Å²) in [5.74, 6) is 0.485. The lowest BCUT2D eigenvalue weighted by molar-refractivity contribution is 0.551. The van der Waals surface area contributed by atoms with Gasteiger partial charge in [0.2, 0.25) is 10.0 Å². The molecule has 20 heavy (non-hydrogen) atoms. The average Bonchev–Trinajstić information content (AvgIpc) is 2.38. The quantitative estimate of drug-likeness (QED) is 0.774. The van der Waals surface area contributed by atoms with Crippen molar-refractivity contribution in [1.29, 1.82) is 0 Å². The lowest BCUT2D eigenvalue weighted by Crippen LogP contribution is -2.26. The van der Waals surface area contributed by atoms with Gasteiger partial charge in [-0.05, 0) is 43.0 Å². The van der Waals surface area contributed by atoms with Gasteiger partial charge in [0.15, 0.2) is 0 Å². The number of hydrogen-bond donors (Lipinski definition) is 2. The summed E-state index contributed by atoms with van der Waals surface area (Å²) in [6.45, 7) is 7.29. The maximum atomic E-state index is 12.4. The zero-order valence-corrected chi connectivity index (χ0v) is 13.7. The van der Waals surface area contributed by atoms with Gasteiger partial charge in [-0.15, -0.1) is 0 Å². The SMILES string of the molecule is CCc1ccc(CNC)cc1S(=O)(=O)NCCC(C)C. The van der Waals surface area contributed by atoms with Crippen LogP contribution in [0.25, 0.3) is 0 Å². The Kier molecular flexibility index (Phi) is 6.65. The lowest BCUT2D eigenvalue weighted by Gasteiger charge is -2.13. The summed E-state index contributed by atoms with van der Waals surface area (Å²) in [5.41, 5.74) is 1.84. The molecular weight excluding hydrogens is 272 g/mol. The van der Waals surface area contributed by atoms with Gasteiger partial charge < -0.3 is 5.32 Å². The molecule has 0 saturated heterocycles. The molecule has 1 aromatic carbocycles. The number of benzene rings is 1. The molecule has 1 aromatic rings. The minimum atomic E-state index is -3.42. The minimum Gasteiger partial charge on any atom is -0.316 e. The van der Waals surface area contributed by atoms with Crippen LogP contribution in [-0.4, -0.2) is 22.0 Å². The molecule has 0 spiro atoms. The fourth-order valence-electron chi connectivity index (χ4n) is 2.01. The third-order valence-electron chi connectivity index (χ3n) is 3.20. The van der Waals surface area contributed by atoms with E-state index in [1.807, 2.05) is 26.1 Å². The second kappa shape index (κ2) is 7.76. The lowest BCUT2D eigenvalue weighted by atomic mass is 10.1. The van der Waals surface area contributed by atoms with Crippen molar-refractivity contribution < 1.29 is 8.42 Å². The number of aryl methyl sites for hydroxylation is 1. The van der Waals surface area contributed by atoms with Gasteiger partial charge in [-0.2, -0.15) is 0 Å². The van der Waals surface area contributed by atoms with Crippen molar-refractivity contribution in [2.24, 2.45) is 5.92 Å². The summed E-state index contributed by atoms with van der Waals surface area (Å²) in [5, 5.41) is 3.04. The third-order valence-corrected chi connectivity index (χ3v) is 4.74. The number of nitrogens with one attached hydrogen (secondary N) is 2. The normalized spacial score (nSPS) is 12.1. The van der Waals surface area contributed by atoms with E-state index in [4.69, 9.17) is 0 Å². The molecular formula is C15H26N2O2S. The highest BCUT2D eigenvalue weighted by molar-refractivity contribution is 7.89. The number of rotatable bonds is 8. The van der Waals surface area contributed by atoms with Crippen LogP contribution in [0.2, 0.25) is 0 Å². The zero-order chi connectivity index (χ0) is 15.2. The van der Waals surface area contributed by atoms with E-state index in [2.05, 4.69) is 23.9 Å². The molecule has 4 nitrogen and oxygen atoms in total. The topological polar surface area (TPSA) is 58.2 Å².